The van der Waals surface area contributed by atoms with Gasteiger partial charge in [-0.15, -0.1) is 0 Å². The zero-order valence-electron chi connectivity index (χ0n) is 15.3. The van der Waals surface area contributed by atoms with E-state index in [1.54, 1.807) is 0 Å². The van der Waals surface area contributed by atoms with Crippen molar-refractivity contribution < 1.29 is 9.84 Å². The Hall–Kier alpha value is -1.84. The third kappa shape index (κ3) is 5.32. The van der Waals surface area contributed by atoms with Crippen molar-refractivity contribution in [2.45, 2.75) is 26.4 Å². The Kier molecular flexibility index (Phi) is 6.11. The van der Waals surface area contributed by atoms with E-state index in [2.05, 4.69) is 43.0 Å². The smallest absolute Gasteiger partial charge is 0.119 e. The molecular weight excluding hydrogens is 310 g/mol. The lowest BCUT2D eigenvalue weighted by molar-refractivity contribution is 0.0429. The summed E-state index contributed by atoms with van der Waals surface area (Å²) in [5.41, 5.74) is 2.37. The minimum atomic E-state index is -0.453. The number of aliphatic hydroxyl groups is 1. The van der Waals surface area contributed by atoms with Gasteiger partial charge < -0.3 is 14.7 Å². The Morgan fingerprint density at radius 1 is 0.960 bits per heavy atom. The molecule has 0 bridgehead atoms. The number of β-amino-alcohol motifs (C(OH)–C–C–N with tert-alkyl or cyclic N) is 1. The van der Waals surface area contributed by atoms with Crippen molar-refractivity contribution in [3.05, 3.63) is 54.6 Å². The van der Waals surface area contributed by atoms with Gasteiger partial charge in [0.1, 0.15) is 18.5 Å². The van der Waals surface area contributed by atoms with Crippen molar-refractivity contribution in [2.24, 2.45) is 11.8 Å². The molecule has 1 aliphatic heterocycles. The molecule has 1 aliphatic rings. The Morgan fingerprint density at radius 2 is 1.56 bits per heavy atom. The zero-order valence-corrected chi connectivity index (χ0v) is 15.3. The molecule has 1 fully saturated rings. The minimum Gasteiger partial charge on any atom is -0.491 e. The Morgan fingerprint density at radius 3 is 2.20 bits per heavy atom. The number of likely N-dealkylation sites (tertiary alicyclic amines) is 1. The number of hydrogen-bond donors (Lipinski definition) is 1. The highest BCUT2D eigenvalue weighted by atomic mass is 16.5. The van der Waals surface area contributed by atoms with Crippen molar-refractivity contribution in [3.63, 3.8) is 0 Å². The van der Waals surface area contributed by atoms with Gasteiger partial charge >= 0.3 is 0 Å². The molecule has 3 rings (SSSR count). The summed E-state index contributed by atoms with van der Waals surface area (Å²) in [5, 5.41) is 10.3. The number of nitrogens with zero attached hydrogens (tertiary/aromatic N) is 1. The minimum absolute atomic E-state index is 0.337. The number of benzene rings is 2. The van der Waals surface area contributed by atoms with Crippen LogP contribution in [0.3, 0.4) is 0 Å². The number of hydrogen-bond acceptors (Lipinski definition) is 3. The van der Waals surface area contributed by atoms with E-state index in [0.29, 0.717) is 25.0 Å². The third-order valence-corrected chi connectivity index (χ3v) is 4.82. The van der Waals surface area contributed by atoms with E-state index in [1.807, 2.05) is 30.3 Å². The topological polar surface area (TPSA) is 32.7 Å². The summed E-state index contributed by atoms with van der Waals surface area (Å²) in [6.45, 7) is 7.76. The fourth-order valence-corrected chi connectivity index (χ4v) is 3.86. The van der Waals surface area contributed by atoms with Crippen molar-refractivity contribution >= 4 is 0 Å². The maximum absolute atomic E-state index is 10.3. The first kappa shape index (κ1) is 18.0. The second kappa shape index (κ2) is 8.50. The van der Waals surface area contributed by atoms with E-state index in [9.17, 15) is 5.11 Å². The highest BCUT2D eigenvalue weighted by molar-refractivity contribution is 5.63. The summed E-state index contributed by atoms with van der Waals surface area (Å²) in [6, 6.07) is 18.4. The molecule has 0 aliphatic carbocycles. The summed E-state index contributed by atoms with van der Waals surface area (Å²) in [5.74, 6) is 2.23. The van der Waals surface area contributed by atoms with Crippen LogP contribution in [0.15, 0.2) is 54.6 Å². The monoisotopic (exact) mass is 339 g/mol. The van der Waals surface area contributed by atoms with Crippen molar-refractivity contribution in [1.29, 1.82) is 0 Å². The van der Waals surface area contributed by atoms with E-state index in [1.165, 1.54) is 17.5 Å². The van der Waals surface area contributed by atoms with Gasteiger partial charge in [-0.2, -0.15) is 0 Å². The highest BCUT2D eigenvalue weighted by Gasteiger charge is 2.23. The van der Waals surface area contributed by atoms with Gasteiger partial charge in [0, 0.05) is 19.6 Å². The Bertz CT molecular complexity index is 631. The first-order valence-corrected chi connectivity index (χ1v) is 9.29. The quantitative estimate of drug-likeness (QED) is 0.861. The molecule has 0 radical (unpaired) electrons. The van der Waals surface area contributed by atoms with Crippen LogP contribution in [0.25, 0.3) is 11.1 Å². The fraction of sp³-hybridized carbons (Fsp3) is 0.455. The number of piperidine rings is 1. The maximum atomic E-state index is 10.3. The Balaban J connectivity index is 1.48. The molecule has 2 aromatic rings. The van der Waals surface area contributed by atoms with E-state index in [4.69, 9.17) is 4.74 Å². The van der Waals surface area contributed by atoms with Crippen LogP contribution in [0.4, 0.5) is 0 Å². The summed E-state index contributed by atoms with van der Waals surface area (Å²) < 4.78 is 5.78. The third-order valence-electron chi connectivity index (χ3n) is 4.82. The molecule has 0 unspecified atom stereocenters. The molecule has 1 N–H and O–H groups in total. The molecule has 0 amide bonds. The van der Waals surface area contributed by atoms with Gasteiger partial charge in [0.15, 0.2) is 0 Å². The number of ether oxygens (including phenoxy) is 1. The number of aliphatic hydroxyl groups excluding tert-OH is 1. The molecule has 25 heavy (non-hydrogen) atoms. The van der Waals surface area contributed by atoms with Crippen LogP contribution >= 0.6 is 0 Å². The molecule has 1 heterocycles. The van der Waals surface area contributed by atoms with Gasteiger partial charge in [0.25, 0.3) is 0 Å². The van der Waals surface area contributed by atoms with Crippen molar-refractivity contribution in [2.75, 3.05) is 26.2 Å². The largest absolute Gasteiger partial charge is 0.491 e. The van der Waals surface area contributed by atoms with Crippen molar-refractivity contribution in [1.82, 2.24) is 4.90 Å². The van der Waals surface area contributed by atoms with Gasteiger partial charge in [0.05, 0.1) is 0 Å². The van der Waals surface area contributed by atoms with Gasteiger partial charge in [-0.05, 0) is 41.5 Å². The van der Waals surface area contributed by atoms with Crippen LogP contribution in [0.2, 0.25) is 0 Å². The number of rotatable bonds is 6. The lowest BCUT2D eigenvalue weighted by Gasteiger charge is -2.35. The predicted octanol–water partition coefficient (Wildman–Crippen LogP) is 4.07. The van der Waals surface area contributed by atoms with Crippen molar-refractivity contribution in [3.8, 4) is 16.9 Å². The van der Waals surface area contributed by atoms with Gasteiger partial charge in [0.2, 0.25) is 0 Å². The maximum Gasteiger partial charge on any atom is 0.119 e. The van der Waals surface area contributed by atoms with Crippen LogP contribution in [0.1, 0.15) is 20.3 Å². The summed E-state index contributed by atoms with van der Waals surface area (Å²) in [6.07, 6.45) is 0.836. The molecule has 0 saturated carbocycles. The highest BCUT2D eigenvalue weighted by Crippen LogP contribution is 2.23. The molecule has 3 nitrogen and oxygen atoms in total. The average molecular weight is 339 g/mol. The summed E-state index contributed by atoms with van der Waals surface area (Å²) >= 11 is 0. The second-order valence-electron chi connectivity index (χ2n) is 7.52. The standard InChI is InChI=1S/C22H29NO2/c1-17-12-18(2)14-23(13-17)15-21(24)16-25-22-10-8-20(9-11-22)19-6-4-3-5-7-19/h3-11,17-18,21,24H,12-16H2,1-2H3/t17-,18-,21-/m1/s1. The first-order valence-electron chi connectivity index (χ1n) is 9.29. The summed E-state index contributed by atoms with van der Waals surface area (Å²) in [7, 11) is 0. The normalized spacial score (nSPS) is 22.5. The van der Waals surface area contributed by atoms with Crippen LogP contribution in [-0.2, 0) is 0 Å². The molecule has 0 spiro atoms. The molecule has 2 aromatic carbocycles. The first-order chi connectivity index (χ1) is 12.1. The van der Waals surface area contributed by atoms with Crippen LogP contribution < -0.4 is 4.74 Å². The SMILES string of the molecule is C[C@@H]1C[C@@H](C)CN(C[C@@H](O)COc2ccc(-c3ccccc3)cc2)C1. The average Bonchev–Trinajstić information content (AvgIpc) is 2.60. The van der Waals surface area contributed by atoms with E-state index < -0.39 is 6.10 Å². The predicted molar refractivity (Wildman–Crippen MR) is 103 cm³/mol. The molecule has 1 saturated heterocycles. The van der Waals surface area contributed by atoms with E-state index in [0.717, 1.165) is 18.8 Å². The molecule has 134 valence electrons. The lowest BCUT2D eigenvalue weighted by atomic mass is 9.92. The van der Waals surface area contributed by atoms with Gasteiger partial charge in [-0.3, -0.25) is 0 Å². The molecule has 0 aromatic heterocycles. The Labute approximate surface area is 151 Å². The van der Waals surface area contributed by atoms with Crippen LogP contribution in [0, 0.1) is 11.8 Å². The van der Waals surface area contributed by atoms with Crippen LogP contribution in [0.5, 0.6) is 5.75 Å². The fourth-order valence-electron chi connectivity index (χ4n) is 3.86. The molecular formula is C22H29NO2. The lowest BCUT2D eigenvalue weighted by Crippen LogP contribution is -2.43. The van der Waals surface area contributed by atoms with Gasteiger partial charge in [-0.1, -0.05) is 56.3 Å². The van der Waals surface area contributed by atoms with E-state index in [-0.39, 0.29) is 0 Å². The zero-order chi connectivity index (χ0) is 17.6. The molecule has 3 heteroatoms. The van der Waals surface area contributed by atoms with Crippen LogP contribution in [-0.4, -0.2) is 42.4 Å². The summed E-state index contributed by atoms with van der Waals surface area (Å²) in [4.78, 5) is 2.37. The van der Waals surface area contributed by atoms with E-state index >= 15 is 0 Å². The van der Waals surface area contributed by atoms with Gasteiger partial charge in [-0.25, -0.2) is 0 Å². The molecule has 3 atom stereocenters. The second-order valence-corrected chi connectivity index (χ2v) is 7.52.